The van der Waals surface area contributed by atoms with Gasteiger partial charge in [0.25, 0.3) is 0 Å². The van der Waals surface area contributed by atoms with Crippen molar-refractivity contribution in [3.63, 3.8) is 0 Å². The Balaban J connectivity index is 2.08. The van der Waals surface area contributed by atoms with Crippen molar-refractivity contribution < 1.29 is 9.66 Å². The molecule has 4 nitrogen and oxygen atoms in total. The number of nitrogens with zero attached hydrogens (tertiary/aromatic N) is 1. The number of rotatable bonds is 2. The summed E-state index contributed by atoms with van der Waals surface area (Å²) in [5.74, 6) is 0. The van der Waals surface area contributed by atoms with Crippen molar-refractivity contribution in [1.29, 1.82) is 0 Å². The Bertz CT molecular complexity index is 88.2. The van der Waals surface area contributed by atoms with Gasteiger partial charge in [0.1, 0.15) is 6.10 Å². The van der Waals surface area contributed by atoms with Crippen LogP contribution in [0.4, 0.5) is 0 Å². The van der Waals surface area contributed by atoms with Gasteiger partial charge in [0, 0.05) is 4.92 Å². The lowest BCUT2D eigenvalue weighted by Gasteiger charge is -1.80. The fraction of sp³-hybridized carbons (Fsp3) is 1.00. The summed E-state index contributed by atoms with van der Waals surface area (Å²) in [6.45, 7) is 0.543. The third-order valence-electron chi connectivity index (χ3n) is 0.755. The molecule has 1 rings (SSSR count). The van der Waals surface area contributed by atoms with E-state index in [1.165, 1.54) is 0 Å². The first-order valence-electron chi connectivity index (χ1n) is 2.02. The maximum Gasteiger partial charge on any atom is 0.231 e. The highest BCUT2D eigenvalue weighted by Gasteiger charge is 2.27. The highest BCUT2D eigenvalue weighted by atomic mass is 16.6. The minimum Gasteiger partial charge on any atom is -0.366 e. The van der Waals surface area contributed by atoms with Crippen molar-refractivity contribution in [3.8, 4) is 0 Å². The molecular weight excluding hydrogens is 98.0 g/mol. The number of nitro groups is 1. The standard InChI is InChI=1S/C3H5NO3/c5-4(6)1-3-2-7-3/h3H,1-2H2/t3-/m1/s1. The summed E-state index contributed by atoms with van der Waals surface area (Å²) in [5.41, 5.74) is 0. The second-order valence-corrected chi connectivity index (χ2v) is 1.47. The SMILES string of the molecule is O=[N+]([O-])C[C@@H]1CO1. The lowest BCUT2D eigenvalue weighted by atomic mass is 10.5. The Morgan fingerprint density at radius 1 is 2.00 bits per heavy atom. The van der Waals surface area contributed by atoms with Gasteiger partial charge in [-0.05, 0) is 0 Å². The highest BCUT2D eigenvalue weighted by molar-refractivity contribution is 4.65. The average Bonchev–Trinajstić information content (AvgIpc) is 2.17. The lowest BCUT2D eigenvalue weighted by molar-refractivity contribution is -0.481. The van der Waals surface area contributed by atoms with E-state index in [9.17, 15) is 10.1 Å². The van der Waals surface area contributed by atoms with E-state index in [-0.39, 0.29) is 17.6 Å². The van der Waals surface area contributed by atoms with Crippen molar-refractivity contribution in [3.05, 3.63) is 10.1 Å². The zero-order chi connectivity index (χ0) is 5.28. The summed E-state index contributed by atoms with van der Waals surface area (Å²) < 4.78 is 4.58. The van der Waals surface area contributed by atoms with Gasteiger partial charge in [-0.1, -0.05) is 0 Å². The van der Waals surface area contributed by atoms with E-state index >= 15 is 0 Å². The molecule has 0 spiro atoms. The third-order valence-corrected chi connectivity index (χ3v) is 0.755. The number of ether oxygens (including phenoxy) is 1. The minimum absolute atomic E-state index is 0.0278. The molecule has 0 aromatic heterocycles. The van der Waals surface area contributed by atoms with E-state index in [1.807, 2.05) is 0 Å². The minimum atomic E-state index is -0.363. The Morgan fingerprint density at radius 3 is 2.71 bits per heavy atom. The first kappa shape index (κ1) is 4.52. The molecule has 1 aliphatic heterocycles. The summed E-state index contributed by atoms with van der Waals surface area (Å²) >= 11 is 0. The van der Waals surface area contributed by atoms with Crippen LogP contribution in [-0.4, -0.2) is 24.2 Å². The van der Waals surface area contributed by atoms with Crippen LogP contribution in [-0.2, 0) is 4.74 Å². The summed E-state index contributed by atoms with van der Waals surface area (Å²) in [5, 5.41) is 9.58. The van der Waals surface area contributed by atoms with Crippen LogP contribution in [0.5, 0.6) is 0 Å². The largest absolute Gasteiger partial charge is 0.366 e. The summed E-state index contributed by atoms with van der Waals surface area (Å²) in [7, 11) is 0. The van der Waals surface area contributed by atoms with E-state index in [0.717, 1.165) is 0 Å². The normalized spacial score (nSPS) is 27.1. The molecule has 0 aromatic carbocycles. The fourth-order valence-electron chi connectivity index (χ4n) is 0.340. The molecule has 7 heavy (non-hydrogen) atoms. The van der Waals surface area contributed by atoms with Gasteiger partial charge in [-0.15, -0.1) is 0 Å². The molecule has 4 heteroatoms. The smallest absolute Gasteiger partial charge is 0.231 e. The van der Waals surface area contributed by atoms with Gasteiger partial charge in [0.05, 0.1) is 6.61 Å². The molecule has 0 amide bonds. The number of hydrogen-bond acceptors (Lipinski definition) is 3. The van der Waals surface area contributed by atoms with Crippen LogP contribution in [0.1, 0.15) is 0 Å². The number of hydrogen-bond donors (Lipinski definition) is 0. The first-order valence-corrected chi connectivity index (χ1v) is 2.02. The van der Waals surface area contributed by atoms with Gasteiger partial charge in [-0.2, -0.15) is 0 Å². The van der Waals surface area contributed by atoms with Crippen LogP contribution < -0.4 is 0 Å². The third kappa shape index (κ3) is 1.50. The molecule has 40 valence electrons. The molecule has 0 saturated carbocycles. The Morgan fingerprint density at radius 2 is 2.57 bits per heavy atom. The monoisotopic (exact) mass is 103 g/mol. The summed E-state index contributed by atoms with van der Waals surface area (Å²) in [6.07, 6.45) is -0.0741. The van der Waals surface area contributed by atoms with Gasteiger partial charge in [0.15, 0.2) is 0 Å². The summed E-state index contributed by atoms with van der Waals surface area (Å²) in [6, 6.07) is 0. The van der Waals surface area contributed by atoms with Crippen LogP contribution in [0.3, 0.4) is 0 Å². The molecule has 1 saturated heterocycles. The Kier molecular flexibility index (Phi) is 0.941. The zero-order valence-electron chi connectivity index (χ0n) is 3.66. The molecule has 1 heterocycles. The lowest BCUT2D eigenvalue weighted by Crippen LogP contribution is -2.06. The fourth-order valence-corrected chi connectivity index (χ4v) is 0.340. The van der Waals surface area contributed by atoms with Crippen molar-refractivity contribution in [2.75, 3.05) is 13.2 Å². The van der Waals surface area contributed by atoms with Gasteiger partial charge in [0.2, 0.25) is 6.54 Å². The Hall–Kier alpha value is -0.640. The first-order chi connectivity index (χ1) is 3.29. The van der Waals surface area contributed by atoms with Gasteiger partial charge in [-0.3, -0.25) is 10.1 Å². The van der Waals surface area contributed by atoms with E-state index in [4.69, 9.17) is 0 Å². The molecule has 0 aromatic rings. The van der Waals surface area contributed by atoms with Crippen LogP contribution in [0.15, 0.2) is 0 Å². The molecular formula is C3H5NO3. The molecule has 0 radical (unpaired) electrons. The van der Waals surface area contributed by atoms with Crippen LogP contribution in [0.2, 0.25) is 0 Å². The van der Waals surface area contributed by atoms with E-state index < -0.39 is 0 Å². The van der Waals surface area contributed by atoms with Crippen LogP contribution >= 0.6 is 0 Å². The summed E-state index contributed by atoms with van der Waals surface area (Å²) in [4.78, 5) is 9.21. The second-order valence-electron chi connectivity index (χ2n) is 1.47. The Labute approximate surface area is 40.2 Å². The van der Waals surface area contributed by atoms with Gasteiger partial charge < -0.3 is 4.74 Å². The van der Waals surface area contributed by atoms with Crippen molar-refractivity contribution >= 4 is 0 Å². The molecule has 0 bridgehead atoms. The zero-order valence-corrected chi connectivity index (χ0v) is 3.66. The molecule has 1 fully saturated rings. The average molecular weight is 103 g/mol. The van der Waals surface area contributed by atoms with Gasteiger partial charge >= 0.3 is 0 Å². The topological polar surface area (TPSA) is 55.7 Å². The molecule has 0 aliphatic carbocycles. The predicted octanol–water partition coefficient (Wildman–Crippen LogP) is -0.338. The van der Waals surface area contributed by atoms with Crippen molar-refractivity contribution in [2.24, 2.45) is 0 Å². The maximum atomic E-state index is 9.58. The predicted molar refractivity (Wildman–Crippen MR) is 21.6 cm³/mol. The highest BCUT2D eigenvalue weighted by Crippen LogP contribution is 2.07. The van der Waals surface area contributed by atoms with Crippen molar-refractivity contribution in [2.45, 2.75) is 6.10 Å². The van der Waals surface area contributed by atoms with E-state index in [2.05, 4.69) is 4.74 Å². The second kappa shape index (κ2) is 1.46. The van der Waals surface area contributed by atoms with E-state index in [0.29, 0.717) is 6.61 Å². The van der Waals surface area contributed by atoms with Crippen LogP contribution in [0.25, 0.3) is 0 Å². The molecule has 0 N–H and O–H groups in total. The van der Waals surface area contributed by atoms with E-state index in [1.54, 1.807) is 0 Å². The molecule has 0 unspecified atom stereocenters. The van der Waals surface area contributed by atoms with Crippen LogP contribution in [0, 0.1) is 10.1 Å². The molecule has 1 aliphatic rings. The number of epoxide rings is 1. The maximum absolute atomic E-state index is 9.58. The van der Waals surface area contributed by atoms with Gasteiger partial charge in [-0.25, -0.2) is 0 Å². The quantitative estimate of drug-likeness (QED) is 0.273. The molecule has 1 atom stereocenters. The van der Waals surface area contributed by atoms with Crippen molar-refractivity contribution in [1.82, 2.24) is 0 Å².